The average molecular weight is 262 g/mol. The van der Waals surface area contributed by atoms with Crippen molar-refractivity contribution in [1.29, 1.82) is 0 Å². The number of benzene rings is 1. The Hall–Kier alpha value is -1.10. The molecule has 0 amide bonds. The molecule has 1 fully saturated rings. The monoisotopic (exact) mass is 262 g/mol. The summed E-state index contributed by atoms with van der Waals surface area (Å²) in [7, 11) is 0. The van der Waals surface area contributed by atoms with Gasteiger partial charge in [0.25, 0.3) is 0 Å². The lowest BCUT2D eigenvalue weighted by Crippen LogP contribution is -2.45. The molecule has 0 aliphatic carbocycles. The molecule has 2 heterocycles. The van der Waals surface area contributed by atoms with E-state index in [0.717, 1.165) is 51.7 Å². The first-order valence-electron chi connectivity index (χ1n) is 7.17. The van der Waals surface area contributed by atoms with Crippen LogP contribution in [0.1, 0.15) is 24.1 Å². The van der Waals surface area contributed by atoms with E-state index in [0.29, 0.717) is 6.04 Å². The first-order valence-corrected chi connectivity index (χ1v) is 7.17. The van der Waals surface area contributed by atoms with E-state index in [2.05, 4.69) is 28.4 Å². The molecular weight excluding hydrogens is 240 g/mol. The van der Waals surface area contributed by atoms with Crippen molar-refractivity contribution in [3.05, 3.63) is 29.3 Å². The highest BCUT2D eigenvalue weighted by Crippen LogP contribution is 2.35. The topological polar surface area (TPSA) is 33.7 Å². The lowest BCUT2D eigenvalue weighted by atomic mass is 9.94. The molecule has 1 N–H and O–H groups in total. The van der Waals surface area contributed by atoms with E-state index in [1.54, 1.807) is 0 Å². The number of ether oxygens (including phenoxy) is 2. The van der Waals surface area contributed by atoms with Crippen LogP contribution in [0.3, 0.4) is 0 Å². The smallest absolute Gasteiger partial charge is 0.124 e. The zero-order valence-corrected chi connectivity index (χ0v) is 11.5. The quantitative estimate of drug-likeness (QED) is 0.896. The predicted octanol–water partition coefficient (Wildman–Crippen LogP) is 1.56. The number of hydrogen-bond acceptors (Lipinski definition) is 4. The van der Waals surface area contributed by atoms with E-state index in [9.17, 15) is 0 Å². The summed E-state index contributed by atoms with van der Waals surface area (Å²) in [5, 5.41) is 3.52. The second kappa shape index (κ2) is 5.90. The van der Waals surface area contributed by atoms with Crippen molar-refractivity contribution in [2.75, 3.05) is 39.5 Å². The summed E-state index contributed by atoms with van der Waals surface area (Å²) in [4.78, 5) is 2.51. The minimum absolute atomic E-state index is 0.412. The van der Waals surface area contributed by atoms with E-state index >= 15 is 0 Å². The summed E-state index contributed by atoms with van der Waals surface area (Å²) in [6.07, 6.45) is 0. The molecule has 19 heavy (non-hydrogen) atoms. The molecule has 0 saturated carbocycles. The summed E-state index contributed by atoms with van der Waals surface area (Å²) in [6.45, 7) is 8.39. The van der Waals surface area contributed by atoms with Gasteiger partial charge in [-0.25, -0.2) is 0 Å². The van der Waals surface area contributed by atoms with Crippen LogP contribution in [0.25, 0.3) is 0 Å². The third-order valence-electron chi connectivity index (χ3n) is 3.93. The molecule has 0 radical (unpaired) electrons. The van der Waals surface area contributed by atoms with Crippen LogP contribution in [-0.4, -0.2) is 44.4 Å². The Morgan fingerprint density at radius 2 is 2.21 bits per heavy atom. The number of rotatable bonds is 3. The molecule has 4 nitrogen and oxygen atoms in total. The fourth-order valence-electron chi connectivity index (χ4n) is 3.05. The van der Waals surface area contributed by atoms with Gasteiger partial charge >= 0.3 is 0 Å². The van der Waals surface area contributed by atoms with Crippen LogP contribution in [0.5, 0.6) is 5.75 Å². The van der Waals surface area contributed by atoms with Crippen molar-refractivity contribution in [2.45, 2.75) is 19.5 Å². The van der Waals surface area contributed by atoms with Crippen molar-refractivity contribution in [2.24, 2.45) is 0 Å². The maximum atomic E-state index is 5.84. The molecule has 0 spiro atoms. The standard InChI is InChI=1S/C15H22N2O2/c1-2-19-14-5-3-4-12-10-16-11-13(15(12)14)17-6-8-18-9-7-17/h3-5,13,16H,2,6-11H2,1H3/t13-/m0/s1. The molecular formula is C15H22N2O2. The molecule has 1 atom stereocenters. The SMILES string of the molecule is CCOc1cccc2c1[C@@H](N1CCOCC1)CNC2. The number of nitrogens with zero attached hydrogens (tertiary/aromatic N) is 1. The van der Waals surface area contributed by atoms with Crippen LogP contribution < -0.4 is 10.1 Å². The molecule has 0 bridgehead atoms. The number of nitrogens with one attached hydrogen (secondary N) is 1. The molecule has 4 heteroatoms. The van der Waals surface area contributed by atoms with Crippen LogP contribution in [0.4, 0.5) is 0 Å². The molecule has 1 aromatic rings. The minimum Gasteiger partial charge on any atom is -0.494 e. The largest absolute Gasteiger partial charge is 0.494 e. The van der Waals surface area contributed by atoms with Gasteiger partial charge in [-0.3, -0.25) is 4.90 Å². The van der Waals surface area contributed by atoms with Gasteiger partial charge in [0.1, 0.15) is 5.75 Å². The van der Waals surface area contributed by atoms with Crippen LogP contribution in [0, 0.1) is 0 Å². The van der Waals surface area contributed by atoms with Crippen LogP contribution in [-0.2, 0) is 11.3 Å². The van der Waals surface area contributed by atoms with Gasteiger partial charge in [-0.15, -0.1) is 0 Å². The average Bonchev–Trinajstić information content (AvgIpc) is 2.48. The number of morpholine rings is 1. The third kappa shape index (κ3) is 2.61. The third-order valence-corrected chi connectivity index (χ3v) is 3.93. The highest BCUT2D eigenvalue weighted by molar-refractivity contribution is 5.44. The Labute approximate surface area is 114 Å². The summed E-state index contributed by atoms with van der Waals surface area (Å²) >= 11 is 0. The molecule has 2 aliphatic rings. The fraction of sp³-hybridized carbons (Fsp3) is 0.600. The molecule has 1 aromatic carbocycles. The van der Waals surface area contributed by atoms with Gasteiger partial charge in [0.2, 0.25) is 0 Å². The fourth-order valence-corrected chi connectivity index (χ4v) is 3.05. The van der Waals surface area contributed by atoms with Gasteiger partial charge in [-0.1, -0.05) is 12.1 Å². The van der Waals surface area contributed by atoms with Crippen molar-refractivity contribution in [1.82, 2.24) is 10.2 Å². The molecule has 104 valence electrons. The predicted molar refractivity (Wildman–Crippen MR) is 74.5 cm³/mol. The zero-order chi connectivity index (χ0) is 13.1. The normalized spacial score (nSPS) is 23.9. The summed E-state index contributed by atoms with van der Waals surface area (Å²) in [6, 6.07) is 6.81. The number of fused-ring (bicyclic) bond motifs is 1. The van der Waals surface area contributed by atoms with Crippen molar-refractivity contribution in [3.63, 3.8) is 0 Å². The molecule has 3 rings (SSSR count). The van der Waals surface area contributed by atoms with E-state index < -0.39 is 0 Å². The molecule has 0 aromatic heterocycles. The summed E-state index contributed by atoms with van der Waals surface area (Å²) in [5.74, 6) is 1.05. The van der Waals surface area contributed by atoms with E-state index in [1.165, 1.54) is 11.1 Å². The van der Waals surface area contributed by atoms with Crippen molar-refractivity contribution >= 4 is 0 Å². The maximum absolute atomic E-state index is 5.84. The lowest BCUT2D eigenvalue weighted by Gasteiger charge is -2.38. The van der Waals surface area contributed by atoms with Gasteiger partial charge in [0.15, 0.2) is 0 Å². The number of hydrogen-bond donors (Lipinski definition) is 1. The summed E-state index contributed by atoms with van der Waals surface area (Å²) in [5.41, 5.74) is 2.75. The van der Waals surface area contributed by atoms with Gasteiger partial charge in [-0.2, -0.15) is 0 Å². The Kier molecular flexibility index (Phi) is 4.01. The van der Waals surface area contributed by atoms with Gasteiger partial charge in [0, 0.05) is 31.7 Å². The summed E-state index contributed by atoms with van der Waals surface area (Å²) < 4.78 is 11.3. The molecule has 2 aliphatic heterocycles. The van der Waals surface area contributed by atoms with E-state index in [4.69, 9.17) is 9.47 Å². The maximum Gasteiger partial charge on any atom is 0.124 e. The van der Waals surface area contributed by atoms with Crippen molar-refractivity contribution in [3.8, 4) is 5.75 Å². The first-order chi connectivity index (χ1) is 9.40. The first kappa shape index (κ1) is 12.9. The highest BCUT2D eigenvalue weighted by atomic mass is 16.5. The van der Waals surface area contributed by atoms with Crippen LogP contribution in [0.2, 0.25) is 0 Å². The highest BCUT2D eigenvalue weighted by Gasteiger charge is 2.29. The Bertz CT molecular complexity index is 430. The van der Waals surface area contributed by atoms with Gasteiger partial charge in [0.05, 0.1) is 25.9 Å². The Balaban J connectivity index is 1.92. The van der Waals surface area contributed by atoms with Gasteiger partial charge in [-0.05, 0) is 18.6 Å². The zero-order valence-electron chi connectivity index (χ0n) is 11.5. The van der Waals surface area contributed by atoms with Crippen LogP contribution >= 0.6 is 0 Å². The minimum atomic E-state index is 0.412. The van der Waals surface area contributed by atoms with Gasteiger partial charge < -0.3 is 14.8 Å². The Morgan fingerprint density at radius 1 is 1.37 bits per heavy atom. The van der Waals surface area contributed by atoms with E-state index in [-0.39, 0.29) is 0 Å². The molecule has 0 unspecified atom stereocenters. The van der Waals surface area contributed by atoms with E-state index in [1.807, 2.05) is 6.92 Å². The van der Waals surface area contributed by atoms with Crippen LogP contribution in [0.15, 0.2) is 18.2 Å². The Morgan fingerprint density at radius 3 is 3.00 bits per heavy atom. The van der Waals surface area contributed by atoms with Crippen molar-refractivity contribution < 1.29 is 9.47 Å². The molecule has 1 saturated heterocycles. The lowest BCUT2D eigenvalue weighted by molar-refractivity contribution is 0.0140. The second-order valence-corrected chi connectivity index (χ2v) is 5.06. The second-order valence-electron chi connectivity index (χ2n) is 5.06.